The van der Waals surface area contributed by atoms with Gasteiger partial charge in [0, 0.05) is 13.2 Å². The highest BCUT2D eigenvalue weighted by atomic mass is 35.5. The number of carboxylic acids is 1. The van der Waals surface area contributed by atoms with E-state index in [1.807, 2.05) is 4.72 Å². The molecule has 0 aliphatic heterocycles. The summed E-state index contributed by atoms with van der Waals surface area (Å²) in [4.78, 5) is 10.6. The number of anilines is 1. The summed E-state index contributed by atoms with van der Waals surface area (Å²) < 4.78 is 41.1. The molecule has 2 aromatic rings. The summed E-state index contributed by atoms with van der Waals surface area (Å²) in [7, 11) is -2.73. The van der Waals surface area contributed by atoms with E-state index in [9.17, 15) is 17.6 Å². The number of benzene rings is 1. The SMILES string of the molecule is Cn1cc(S(=O)(=O)Nc2cccc(Cl)c2F)cc1C(=O)O. The first-order valence-corrected chi connectivity index (χ1v) is 7.45. The predicted octanol–water partition coefficient (Wildman–Crippen LogP) is 2.32. The minimum absolute atomic E-state index is 0.207. The number of carbonyl (C=O) groups is 1. The first-order chi connectivity index (χ1) is 9.72. The maximum absolute atomic E-state index is 13.7. The molecule has 0 radical (unpaired) electrons. The van der Waals surface area contributed by atoms with E-state index in [4.69, 9.17) is 16.7 Å². The molecule has 0 atom stereocenters. The molecular formula is C12H10ClFN2O4S. The molecule has 2 rings (SSSR count). The second-order valence-corrected chi connectivity index (χ2v) is 6.27. The molecule has 112 valence electrons. The highest BCUT2D eigenvalue weighted by Gasteiger charge is 2.21. The van der Waals surface area contributed by atoms with Crippen molar-refractivity contribution in [3.63, 3.8) is 0 Å². The lowest BCUT2D eigenvalue weighted by atomic mass is 10.3. The Labute approximate surface area is 124 Å². The maximum Gasteiger partial charge on any atom is 0.352 e. The molecule has 0 saturated carbocycles. The van der Waals surface area contributed by atoms with Crippen molar-refractivity contribution in [2.24, 2.45) is 7.05 Å². The maximum atomic E-state index is 13.7. The molecule has 0 aliphatic rings. The highest BCUT2D eigenvalue weighted by Crippen LogP contribution is 2.25. The van der Waals surface area contributed by atoms with Crippen LogP contribution >= 0.6 is 11.6 Å². The van der Waals surface area contributed by atoms with E-state index in [0.29, 0.717) is 0 Å². The van der Waals surface area contributed by atoms with Crippen LogP contribution in [-0.4, -0.2) is 24.1 Å². The normalized spacial score (nSPS) is 11.4. The number of aromatic nitrogens is 1. The van der Waals surface area contributed by atoms with Crippen molar-refractivity contribution in [1.29, 1.82) is 0 Å². The van der Waals surface area contributed by atoms with Crippen molar-refractivity contribution in [3.05, 3.63) is 47.0 Å². The Balaban J connectivity index is 2.41. The minimum atomic E-state index is -4.12. The Morgan fingerprint density at radius 2 is 2.10 bits per heavy atom. The molecule has 0 fully saturated rings. The standard InChI is InChI=1S/C12H10ClFN2O4S/c1-16-6-7(5-10(16)12(17)18)21(19,20)15-9-4-2-3-8(13)11(9)14/h2-6,15H,1H3,(H,17,18). The molecule has 0 saturated heterocycles. The Bertz CT molecular complexity index is 817. The highest BCUT2D eigenvalue weighted by molar-refractivity contribution is 7.92. The topological polar surface area (TPSA) is 88.4 Å². The zero-order valence-electron chi connectivity index (χ0n) is 10.7. The van der Waals surface area contributed by atoms with Crippen LogP contribution in [0.15, 0.2) is 35.4 Å². The van der Waals surface area contributed by atoms with E-state index >= 15 is 0 Å². The summed E-state index contributed by atoms with van der Waals surface area (Å²) in [6.07, 6.45) is 1.12. The summed E-state index contributed by atoms with van der Waals surface area (Å²) in [5, 5.41) is 8.67. The van der Waals surface area contributed by atoms with Crippen LogP contribution in [0.2, 0.25) is 5.02 Å². The fourth-order valence-electron chi connectivity index (χ4n) is 1.68. The predicted molar refractivity (Wildman–Crippen MR) is 74.6 cm³/mol. The van der Waals surface area contributed by atoms with Gasteiger partial charge in [0.25, 0.3) is 10.0 Å². The van der Waals surface area contributed by atoms with Gasteiger partial charge in [0.15, 0.2) is 5.82 Å². The van der Waals surface area contributed by atoms with Crippen molar-refractivity contribution in [1.82, 2.24) is 4.57 Å². The first kappa shape index (κ1) is 15.3. The van der Waals surface area contributed by atoms with Crippen LogP contribution in [0.3, 0.4) is 0 Å². The van der Waals surface area contributed by atoms with Crippen LogP contribution in [0.5, 0.6) is 0 Å². The average molecular weight is 333 g/mol. The molecule has 0 aliphatic carbocycles. The van der Waals surface area contributed by atoms with Gasteiger partial charge >= 0.3 is 5.97 Å². The zero-order valence-corrected chi connectivity index (χ0v) is 12.2. The number of halogens is 2. The Hall–Kier alpha value is -2.06. The number of rotatable bonds is 4. The van der Waals surface area contributed by atoms with E-state index in [0.717, 1.165) is 16.8 Å². The molecule has 0 bridgehead atoms. The summed E-state index contributed by atoms with van der Waals surface area (Å²) in [5.41, 5.74) is -0.523. The molecule has 1 heterocycles. The van der Waals surface area contributed by atoms with Crippen molar-refractivity contribution in [2.45, 2.75) is 4.90 Å². The number of nitrogens with one attached hydrogen (secondary N) is 1. The van der Waals surface area contributed by atoms with E-state index in [1.54, 1.807) is 0 Å². The third-order valence-electron chi connectivity index (χ3n) is 2.71. The summed E-state index contributed by atoms with van der Waals surface area (Å²) in [6, 6.07) is 4.85. The van der Waals surface area contributed by atoms with E-state index in [2.05, 4.69) is 0 Å². The Morgan fingerprint density at radius 1 is 1.43 bits per heavy atom. The van der Waals surface area contributed by atoms with Gasteiger partial charge in [0.1, 0.15) is 10.6 Å². The van der Waals surface area contributed by atoms with Gasteiger partial charge < -0.3 is 9.67 Å². The van der Waals surface area contributed by atoms with Crippen LogP contribution in [0.1, 0.15) is 10.5 Å². The van der Waals surface area contributed by atoms with Gasteiger partial charge in [0.2, 0.25) is 0 Å². The van der Waals surface area contributed by atoms with E-state index in [-0.39, 0.29) is 21.3 Å². The molecule has 21 heavy (non-hydrogen) atoms. The average Bonchev–Trinajstić information content (AvgIpc) is 2.78. The van der Waals surface area contributed by atoms with Crippen LogP contribution < -0.4 is 4.72 Å². The Kier molecular flexibility index (Phi) is 3.93. The number of aromatic carboxylic acids is 1. The van der Waals surface area contributed by atoms with E-state index in [1.165, 1.54) is 25.2 Å². The van der Waals surface area contributed by atoms with Crippen LogP contribution in [-0.2, 0) is 17.1 Å². The van der Waals surface area contributed by atoms with Gasteiger partial charge in [-0.2, -0.15) is 0 Å². The fraction of sp³-hybridized carbons (Fsp3) is 0.0833. The molecule has 6 nitrogen and oxygen atoms in total. The zero-order chi connectivity index (χ0) is 15.8. The molecular weight excluding hydrogens is 323 g/mol. The van der Waals surface area contributed by atoms with E-state index < -0.39 is 21.8 Å². The van der Waals surface area contributed by atoms with Crippen LogP contribution in [0, 0.1) is 5.82 Å². The number of sulfonamides is 1. The van der Waals surface area contributed by atoms with Crippen molar-refractivity contribution < 1.29 is 22.7 Å². The van der Waals surface area contributed by atoms with Crippen molar-refractivity contribution in [2.75, 3.05) is 4.72 Å². The molecule has 2 N–H and O–H groups in total. The number of nitrogens with zero attached hydrogens (tertiary/aromatic N) is 1. The van der Waals surface area contributed by atoms with Gasteiger partial charge in [-0.3, -0.25) is 4.72 Å². The molecule has 1 aromatic carbocycles. The number of hydrogen-bond donors (Lipinski definition) is 2. The third-order valence-corrected chi connectivity index (χ3v) is 4.33. The van der Waals surface area contributed by atoms with Crippen molar-refractivity contribution >= 4 is 33.3 Å². The molecule has 1 aromatic heterocycles. The lowest BCUT2D eigenvalue weighted by molar-refractivity contribution is 0.0686. The molecule has 9 heteroatoms. The second-order valence-electron chi connectivity index (χ2n) is 4.18. The monoisotopic (exact) mass is 332 g/mol. The third kappa shape index (κ3) is 3.01. The van der Waals surface area contributed by atoms with Gasteiger partial charge in [-0.05, 0) is 18.2 Å². The largest absolute Gasteiger partial charge is 0.477 e. The van der Waals surface area contributed by atoms with Gasteiger partial charge in [-0.25, -0.2) is 17.6 Å². The summed E-state index contributed by atoms with van der Waals surface area (Å²) in [5.74, 6) is -2.18. The van der Waals surface area contributed by atoms with Crippen LogP contribution in [0.4, 0.5) is 10.1 Å². The summed E-state index contributed by atoms with van der Waals surface area (Å²) in [6.45, 7) is 0. The van der Waals surface area contributed by atoms with Gasteiger partial charge in [0.05, 0.1) is 10.7 Å². The molecule has 0 unspecified atom stereocenters. The smallest absolute Gasteiger partial charge is 0.352 e. The molecule has 0 amide bonds. The summed E-state index contributed by atoms with van der Waals surface area (Å²) >= 11 is 5.57. The lowest BCUT2D eigenvalue weighted by Crippen LogP contribution is -2.13. The number of aryl methyl sites for hydroxylation is 1. The quantitative estimate of drug-likeness (QED) is 0.899. The number of hydrogen-bond acceptors (Lipinski definition) is 3. The fourth-order valence-corrected chi connectivity index (χ4v) is 2.98. The van der Waals surface area contributed by atoms with Gasteiger partial charge in [-0.1, -0.05) is 17.7 Å². The number of carboxylic acid groups (broad SMARTS) is 1. The minimum Gasteiger partial charge on any atom is -0.477 e. The van der Waals surface area contributed by atoms with Crippen LogP contribution in [0.25, 0.3) is 0 Å². The Morgan fingerprint density at radius 3 is 2.67 bits per heavy atom. The lowest BCUT2D eigenvalue weighted by Gasteiger charge is -2.08. The molecule has 0 spiro atoms. The van der Waals surface area contributed by atoms with Gasteiger partial charge in [-0.15, -0.1) is 0 Å². The first-order valence-electron chi connectivity index (χ1n) is 5.59. The van der Waals surface area contributed by atoms with Crippen molar-refractivity contribution in [3.8, 4) is 0 Å². The second kappa shape index (κ2) is 5.38.